The summed E-state index contributed by atoms with van der Waals surface area (Å²) in [7, 11) is 0. The van der Waals surface area contributed by atoms with E-state index in [1.165, 1.54) is 30.9 Å². The summed E-state index contributed by atoms with van der Waals surface area (Å²) < 4.78 is 27.0. The van der Waals surface area contributed by atoms with Gasteiger partial charge in [-0.25, -0.2) is 8.78 Å². The molecule has 1 saturated carbocycles. The van der Waals surface area contributed by atoms with Crippen molar-refractivity contribution in [2.75, 3.05) is 0 Å². The van der Waals surface area contributed by atoms with Gasteiger partial charge in [-0.05, 0) is 113 Å². The van der Waals surface area contributed by atoms with Gasteiger partial charge in [-0.1, -0.05) is 24.3 Å². The molecule has 2 aliphatic rings. The SMILES string of the molecule is C=CC1=C(C2CCC(C)(F)CC2)CCC1.CC(=O)CCc1cc(C)c(C)c(F)c1. The first-order valence-corrected chi connectivity index (χ1v) is 10.9. The van der Waals surface area contributed by atoms with Crippen LogP contribution in [0.25, 0.3) is 0 Å². The first-order valence-electron chi connectivity index (χ1n) is 10.9. The summed E-state index contributed by atoms with van der Waals surface area (Å²) in [6.07, 6.45) is 10.4. The third-order valence-electron chi connectivity index (χ3n) is 6.50. The van der Waals surface area contributed by atoms with Crippen LogP contribution in [0.1, 0.15) is 81.9 Å². The highest BCUT2D eigenvalue weighted by atomic mass is 19.1. The van der Waals surface area contributed by atoms with E-state index in [0.29, 0.717) is 24.3 Å². The van der Waals surface area contributed by atoms with Gasteiger partial charge in [0.1, 0.15) is 17.3 Å². The van der Waals surface area contributed by atoms with Gasteiger partial charge in [0, 0.05) is 6.42 Å². The number of Topliss-reactive ketones (excluding diaryl/α,β-unsaturated/α-hetero) is 1. The van der Waals surface area contributed by atoms with Crippen molar-refractivity contribution in [2.45, 2.75) is 91.2 Å². The van der Waals surface area contributed by atoms with Crippen molar-refractivity contribution in [2.24, 2.45) is 5.92 Å². The van der Waals surface area contributed by atoms with E-state index >= 15 is 0 Å². The van der Waals surface area contributed by atoms with E-state index in [2.05, 4.69) is 6.58 Å². The third kappa shape index (κ3) is 6.90. The van der Waals surface area contributed by atoms with Crippen LogP contribution in [0.2, 0.25) is 0 Å². The van der Waals surface area contributed by atoms with Crippen molar-refractivity contribution >= 4 is 5.78 Å². The molecule has 1 aromatic carbocycles. The van der Waals surface area contributed by atoms with Gasteiger partial charge in [0.2, 0.25) is 0 Å². The molecule has 0 aromatic heterocycles. The van der Waals surface area contributed by atoms with Crippen LogP contribution < -0.4 is 0 Å². The Morgan fingerprint density at radius 1 is 1.24 bits per heavy atom. The Balaban J connectivity index is 0.000000208. The lowest BCUT2D eigenvalue weighted by molar-refractivity contribution is -0.116. The van der Waals surface area contributed by atoms with Crippen molar-refractivity contribution in [3.05, 3.63) is 58.4 Å². The summed E-state index contributed by atoms with van der Waals surface area (Å²) in [5.74, 6) is 0.622. The van der Waals surface area contributed by atoms with E-state index in [4.69, 9.17) is 0 Å². The molecule has 0 heterocycles. The average Bonchev–Trinajstić information content (AvgIpc) is 3.13. The fourth-order valence-electron chi connectivity index (χ4n) is 4.41. The molecule has 0 atom stereocenters. The highest BCUT2D eigenvalue weighted by Crippen LogP contribution is 2.43. The van der Waals surface area contributed by atoms with Gasteiger partial charge in [-0.2, -0.15) is 0 Å². The molecule has 0 spiro atoms. The first-order chi connectivity index (χ1) is 13.6. The average molecular weight is 403 g/mol. The van der Waals surface area contributed by atoms with E-state index in [1.54, 1.807) is 26.3 Å². The zero-order chi connectivity index (χ0) is 21.6. The Bertz CT molecular complexity index is 740. The number of allylic oxidation sites excluding steroid dienone is 3. The number of hydrogen-bond acceptors (Lipinski definition) is 1. The largest absolute Gasteiger partial charge is 0.300 e. The molecule has 3 heteroatoms. The number of carbonyl (C=O) groups is 1. The molecule has 0 N–H and O–H groups in total. The highest BCUT2D eigenvalue weighted by Gasteiger charge is 2.33. The molecule has 1 nitrogen and oxygen atoms in total. The maximum Gasteiger partial charge on any atom is 0.130 e. The molecule has 1 aromatic rings. The van der Waals surface area contributed by atoms with E-state index < -0.39 is 5.67 Å². The van der Waals surface area contributed by atoms with E-state index in [1.807, 2.05) is 19.1 Å². The number of ketones is 1. The van der Waals surface area contributed by atoms with Crippen LogP contribution >= 0.6 is 0 Å². The van der Waals surface area contributed by atoms with Gasteiger partial charge < -0.3 is 4.79 Å². The lowest BCUT2D eigenvalue weighted by Crippen LogP contribution is -2.26. The van der Waals surface area contributed by atoms with Gasteiger partial charge in [-0.3, -0.25) is 0 Å². The number of hydrogen-bond donors (Lipinski definition) is 0. The molecule has 0 radical (unpaired) electrons. The van der Waals surface area contributed by atoms with Crippen molar-refractivity contribution < 1.29 is 13.6 Å². The molecular formula is C26H36F2O. The molecule has 0 amide bonds. The second-order valence-electron chi connectivity index (χ2n) is 9.02. The quantitative estimate of drug-likeness (QED) is 0.497. The van der Waals surface area contributed by atoms with E-state index in [0.717, 1.165) is 36.8 Å². The predicted octanol–water partition coefficient (Wildman–Crippen LogP) is 7.54. The minimum absolute atomic E-state index is 0.142. The maximum atomic E-state index is 13.7. The number of aryl methyl sites for hydroxylation is 2. The Labute approximate surface area is 175 Å². The third-order valence-corrected chi connectivity index (χ3v) is 6.50. The molecule has 0 unspecified atom stereocenters. The standard InChI is InChI=1S/C14H21F.C12H15FO/c1-3-11-5-4-6-13(11)12-7-9-14(2,15)10-8-12;1-8-6-11(5-4-9(2)14)7-12(13)10(8)3/h3,12H,1,4-10H2,2H3;6-7H,4-5H2,1-3H3. The molecule has 3 rings (SSSR count). The summed E-state index contributed by atoms with van der Waals surface area (Å²) in [5.41, 5.74) is 4.70. The lowest BCUT2D eigenvalue weighted by atomic mass is 9.76. The fraction of sp³-hybridized carbons (Fsp3) is 0.577. The number of benzene rings is 1. The summed E-state index contributed by atoms with van der Waals surface area (Å²) in [4.78, 5) is 10.8. The first kappa shape index (κ1) is 23.5. The van der Waals surface area contributed by atoms with Crippen molar-refractivity contribution in [1.82, 2.24) is 0 Å². The minimum Gasteiger partial charge on any atom is -0.300 e. The number of carbonyl (C=O) groups excluding carboxylic acids is 1. The lowest BCUT2D eigenvalue weighted by Gasteiger charge is -2.32. The van der Waals surface area contributed by atoms with E-state index in [-0.39, 0.29) is 11.6 Å². The second-order valence-corrected chi connectivity index (χ2v) is 9.02. The van der Waals surface area contributed by atoms with Crippen LogP contribution in [0.4, 0.5) is 8.78 Å². The van der Waals surface area contributed by atoms with Gasteiger partial charge >= 0.3 is 0 Å². The second kappa shape index (κ2) is 10.3. The Hall–Kier alpha value is -1.77. The molecular weight excluding hydrogens is 366 g/mol. The zero-order valence-corrected chi connectivity index (χ0v) is 18.5. The van der Waals surface area contributed by atoms with Gasteiger partial charge in [-0.15, -0.1) is 0 Å². The normalized spacial score (nSPS) is 24.1. The predicted molar refractivity (Wildman–Crippen MR) is 117 cm³/mol. The molecule has 0 aliphatic heterocycles. The van der Waals surface area contributed by atoms with Crippen molar-refractivity contribution in [1.29, 1.82) is 0 Å². The summed E-state index contributed by atoms with van der Waals surface area (Å²) in [5, 5.41) is 0. The van der Waals surface area contributed by atoms with Crippen molar-refractivity contribution in [3.8, 4) is 0 Å². The van der Waals surface area contributed by atoms with Crippen LogP contribution in [0.15, 0.2) is 35.9 Å². The van der Waals surface area contributed by atoms with Crippen LogP contribution in [0.3, 0.4) is 0 Å². The van der Waals surface area contributed by atoms with Gasteiger partial charge in [0.05, 0.1) is 0 Å². The van der Waals surface area contributed by atoms with Crippen LogP contribution in [0, 0.1) is 25.6 Å². The van der Waals surface area contributed by atoms with E-state index in [9.17, 15) is 13.6 Å². The minimum atomic E-state index is -0.899. The monoisotopic (exact) mass is 402 g/mol. The highest BCUT2D eigenvalue weighted by molar-refractivity contribution is 5.75. The smallest absolute Gasteiger partial charge is 0.130 e. The summed E-state index contributed by atoms with van der Waals surface area (Å²) in [6, 6.07) is 3.46. The maximum absolute atomic E-state index is 13.7. The Morgan fingerprint density at radius 2 is 1.90 bits per heavy atom. The number of halogens is 2. The molecule has 0 saturated heterocycles. The van der Waals surface area contributed by atoms with Crippen LogP contribution in [0.5, 0.6) is 0 Å². The van der Waals surface area contributed by atoms with Crippen LogP contribution in [-0.4, -0.2) is 11.5 Å². The zero-order valence-electron chi connectivity index (χ0n) is 18.5. The summed E-state index contributed by atoms with van der Waals surface area (Å²) in [6.45, 7) is 10.8. The Morgan fingerprint density at radius 3 is 2.45 bits per heavy atom. The summed E-state index contributed by atoms with van der Waals surface area (Å²) >= 11 is 0. The topological polar surface area (TPSA) is 17.1 Å². The van der Waals surface area contributed by atoms with Gasteiger partial charge in [0.15, 0.2) is 0 Å². The van der Waals surface area contributed by atoms with Gasteiger partial charge in [0.25, 0.3) is 0 Å². The van der Waals surface area contributed by atoms with Crippen molar-refractivity contribution in [3.63, 3.8) is 0 Å². The molecule has 0 bridgehead atoms. The number of alkyl halides is 1. The Kier molecular flexibility index (Phi) is 8.36. The van der Waals surface area contributed by atoms with Crippen LogP contribution in [-0.2, 0) is 11.2 Å². The molecule has 2 aliphatic carbocycles. The molecule has 1 fully saturated rings. The number of rotatable bonds is 5. The fourth-order valence-corrected chi connectivity index (χ4v) is 4.41. The molecule has 29 heavy (non-hydrogen) atoms. The molecule has 160 valence electrons.